The normalized spacial score (nSPS) is 11.6. The second-order valence-corrected chi connectivity index (χ2v) is 7.78. The lowest BCUT2D eigenvalue weighted by Gasteiger charge is -2.18. The molecular weight excluding hydrogens is 400 g/mol. The maximum absolute atomic E-state index is 12.6. The first-order valence-corrected chi connectivity index (χ1v) is 10.1. The smallest absolute Gasteiger partial charge is 0.312 e. The molecule has 0 saturated carbocycles. The van der Waals surface area contributed by atoms with Crippen LogP contribution in [-0.4, -0.2) is 40.9 Å². The van der Waals surface area contributed by atoms with E-state index in [-0.39, 0.29) is 23.7 Å². The molecule has 0 spiro atoms. The summed E-state index contributed by atoms with van der Waals surface area (Å²) >= 11 is 0. The summed E-state index contributed by atoms with van der Waals surface area (Å²) in [4.78, 5) is 10.7. The van der Waals surface area contributed by atoms with Gasteiger partial charge in [-0.25, -0.2) is 8.42 Å². The Morgan fingerprint density at radius 2 is 1.83 bits per heavy atom. The Kier molecular flexibility index (Phi) is 5.89. The van der Waals surface area contributed by atoms with Crippen molar-refractivity contribution in [3.05, 3.63) is 59.0 Å². The van der Waals surface area contributed by atoms with Crippen molar-refractivity contribution in [2.75, 3.05) is 13.1 Å². The molecule has 1 heterocycles. The van der Waals surface area contributed by atoms with Crippen LogP contribution in [0.5, 0.6) is 11.5 Å². The second-order valence-electron chi connectivity index (χ2n) is 5.85. The summed E-state index contributed by atoms with van der Waals surface area (Å²) in [5.41, 5.74) is 0.212. The highest BCUT2D eigenvalue weighted by Crippen LogP contribution is 2.34. The van der Waals surface area contributed by atoms with Gasteiger partial charge in [0.2, 0.25) is 28.1 Å². The molecule has 10 nitrogen and oxygen atoms in total. The number of nitrogens with zero attached hydrogens (tertiary/aromatic N) is 4. The molecule has 152 valence electrons. The molecule has 0 saturated heterocycles. The molecule has 0 amide bonds. The second kappa shape index (κ2) is 8.37. The number of nitro benzene ring substituents is 1. The molecule has 0 unspecified atom stereocenters. The first kappa shape index (κ1) is 20.4. The van der Waals surface area contributed by atoms with Gasteiger partial charge in [0, 0.05) is 24.7 Å². The number of hydrogen-bond donors (Lipinski definition) is 0. The highest BCUT2D eigenvalue weighted by Gasteiger charge is 2.26. The van der Waals surface area contributed by atoms with Crippen molar-refractivity contribution in [3.8, 4) is 23.0 Å². The number of nitro groups is 1. The Bertz CT molecular complexity index is 1090. The zero-order valence-electron chi connectivity index (χ0n) is 15.7. The summed E-state index contributed by atoms with van der Waals surface area (Å²) in [6.07, 6.45) is 1.21. The molecule has 1 aromatic heterocycles. The lowest BCUT2D eigenvalue weighted by Crippen LogP contribution is -2.30. The van der Waals surface area contributed by atoms with E-state index in [0.29, 0.717) is 17.2 Å². The molecule has 0 fully saturated rings. The van der Waals surface area contributed by atoms with Crippen molar-refractivity contribution in [3.63, 3.8) is 0 Å². The van der Waals surface area contributed by atoms with E-state index < -0.39 is 20.6 Å². The Hall–Kier alpha value is -3.31. The molecule has 0 aliphatic carbocycles. The van der Waals surface area contributed by atoms with Crippen LogP contribution in [0.1, 0.15) is 13.8 Å². The molecule has 0 N–H and O–H groups in total. The Balaban J connectivity index is 1.91. The van der Waals surface area contributed by atoms with Crippen molar-refractivity contribution in [2.24, 2.45) is 0 Å². The maximum Gasteiger partial charge on any atom is 0.312 e. The van der Waals surface area contributed by atoms with Gasteiger partial charge >= 0.3 is 5.69 Å². The number of ether oxygens (including phenoxy) is 1. The minimum Gasteiger partial charge on any atom is -0.450 e. The average Bonchev–Trinajstić information content (AvgIpc) is 3.24. The molecule has 0 atom stereocenters. The fourth-order valence-corrected chi connectivity index (χ4v) is 4.17. The SMILES string of the molecule is CCN(CC)S(=O)(=O)c1ccc(Oc2ccc(-c3nnco3)cc2)c([N+](=O)[O-])c1. The van der Waals surface area contributed by atoms with Gasteiger partial charge in [0.1, 0.15) is 5.75 Å². The van der Waals surface area contributed by atoms with Crippen LogP contribution in [-0.2, 0) is 10.0 Å². The molecular formula is C18H18N4O6S. The maximum atomic E-state index is 12.6. The topological polar surface area (TPSA) is 129 Å². The van der Waals surface area contributed by atoms with E-state index in [1.165, 1.54) is 22.8 Å². The van der Waals surface area contributed by atoms with Crippen LogP contribution >= 0.6 is 0 Å². The fourth-order valence-electron chi connectivity index (χ4n) is 2.69. The van der Waals surface area contributed by atoms with Gasteiger partial charge in [0.25, 0.3) is 0 Å². The number of rotatable bonds is 8. The number of hydrogen-bond acceptors (Lipinski definition) is 8. The summed E-state index contributed by atoms with van der Waals surface area (Å²) in [7, 11) is -3.83. The molecule has 3 rings (SSSR count). The van der Waals surface area contributed by atoms with E-state index in [1.54, 1.807) is 38.1 Å². The van der Waals surface area contributed by atoms with Crippen LogP contribution in [0.2, 0.25) is 0 Å². The van der Waals surface area contributed by atoms with Gasteiger partial charge in [-0.05, 0) is 36.4 Å². The molecule has 0 aliphatic heterocycles. The Morgan fingerprint density at radius 3 is 2.38 bits per heavy atom. The van der Waals surface area contributed by atoms with Gasteiger partial charge in [-0.15, -0.1) is 10.2 Å². The lowest BCUT2D eigenvalue weighted by molar-refractivity contribution is -0.385. The minimum atomic E-state index is -3.83. The van der Waals surface area contributed by atoms with Crippen LogP contribution in [0, 0.1) is 10.1 Å². The zero-order valence-corrected chi connectivity index (χ0v) is 16.5. The molecule has 11 heteroatoms. The zero-order chi connectivity index (χ0) is 21.0. The van der Waals surface area contributed by atoms with Crippen molar-refractivity contribution in [1.29, 1.82) is 0 Å². The average molecular weight is 418 g/mol. The van der Waals surface area contributed by atoms with Crippen molar-refractivity contribution in [2.45, 2.75) is 18.7 Å². The van der Waals surface area contributed by atoms with Gasteiger partial charge < -0.3 is 9.15 Å². The molecule has 29 heavy (non-hydrogen) atoms. The first-order chi connectivity index (χ1) is 13.9. The Labute approximate surface area is 166 Å². The largest absolute Gasteiger partial charge is 0.450 e. The first-order valence-electron chi connectivity index (χ1n) is 8.69. The molecule has 3 aromatic rings. The standard InChI is InChI=1S/C18H18N4O6S/c1-3-21(4-2)29(25,26)15-9-10-17(16(11-15)22(23)24)28-14-7-5-13(6-8-14)18-20-19-12-27-18/h5-12H,3-4H2,1-2H3. The van der Waals surface area contributed by atoms with Crippen molar-refractivity contribution < 1.29 is 22.5 Å². The predicted octanol–water partition coefficient (Wildman–Crippen LogP) is 3.47. The predicted molar refractivity (Wildman–Crippen MR) is 103 cm³/mol. The number of aromatic nitrogens is 2. The summed E-state index contributed by atoms with van der Waals surface area (Å²) in [6.45, 7) is 3.92. The van der Waals surface area contributed by atoms with Crippen LogP contribution in [0.15, 0.2) is 58.2 Å². The molecule has 2 aromatic carbocycles. The molecule has 0 radical (unpaired) electrons. The third-order valence-electron chi connectivity index (χ3n) is 4.16. The van der Waals surface area contributed by atoms with Gasteiger partial charge in [0.15, 0.2) is 0 Å². The summed E-state index contributed by atoms with van der Waals surface area (Å²) in [5, 5.41) is 18.9. The summed E-state index contributed by atoms with van der Waals surface area (Å²) in [6, 6.07) is 10.1. The van der Waals surface area contributed by atoms with E-state index in [9.17, 15) is 18.5 Å². The van der Waals surface area contributed by atoms with Crippen LogP contribution < -0.4 is 4.74 Å². The van der Waals surface area contributed by atoms with E-state index >= 15 is 0 Å². The minimum absolute atomic E-state index is 0.0703. The number of sulfonamides is 1. The highest BCUT2D eigenvalue weighted by molar-refractivity contribution is 7.89. The van der Waals surface area contributed by atoms with Crippen molar-refractivity contribution in [1.82, 2.24) is 14.5 Å². The van der Waals surface area contributed by atoms with Crippen LogP contribution in [0.3, 0.4) is 0 Å². The highest BCUT2D eigenvalue weighted by atomic mass is 32.2. The van der Waals surface area contributed by atoms with E-state index in [1.807, 2.05) is 0 Å². The lowest BCUT2D eigenvalue weighted by atomic mass is 10.2. The quantitative estimate of drug-likeness (QED) is 0.402. The molecule has 0 aliphatic rings. The van der Waals surface area contributed by atoms with E-state index in [2.05, 4.69) is 10.2 Å². The van der Waals surface area contributed by atoms with Gasteiger partial charge in [-0.1, -0.05) is 13.8 Å². The number of benzene rings is 2. The van der Waals surface area contributed by atoms with Crippen LogP contribution in [0.25, 0.3) is 11.5 Å². The summed E-state index contributed by atoms with van der Waals surface area (Å²) in [5.74, 6) is 0.586. The van der Waals surface area contributed by atoms with E-state index in [4.69, 9.17) is 9.15 Å². The third kappa shape index (κ3) is 4.25. The van der Waals surface area contributed by atoms with E-state index in [0.717, 1.165) is 6.07 Å². The van der Waals surface area contributed by atoms with Gasteiger partial charge in [-0.3, -0.25) is 10.1 Å². The monoisotopic (exact) mass is 418 g/mol. The van der Waals surface area contributed by atoms with Gasteiger partial charge in [0.05, 0.1) is 9.82 Å². The fraction of sp³-hybridized carbons (Fsp3) is 0.222. The summed E-state index contributed by atoms with van der Waals surface area (Å²) < 4.78 is 37.2. The van der Waals surface area contributed by atoms with Gasteiger partial charge in [-0.2, -0.15) is 4.31 Å². The molecule has 0 bridgehead atoms. The van der Waals surface area contributed by atoms with Crippen LogP contribution in [0.4, 0.5) is 5.69 Å². The Morgan fingerprint density at radius 1 is 1.14 bits per heavy atom. The van der Waals surface area contributed by atoms with Crippen molar-refractivity contribution >= 4 is 15.7 Å². The third-order valence-corrected chi connectivity index (χ3v) is 6.21.